The first-order valence-electron chi connectivity index (χ1n) is 5.64. The number of rotatable bonds is 5. The van der Waals surface area contributed by atoms with Crippen LogP contribution in [-0.2, 0) is 4.79 Å². The van der Waals surface area contributed by atoms with Crippen LogP contribution in [0.3, 0.4) is 0 Å². The highest BCUT2D eigenvalue weighted by Crippen LogP contribution is 2.30. The third-order valence-corrected chi connectivity index (χ3v) is 2.92. The predicted molar refractivity (Wildman–Crippen MR) is 73.4 cm³/mol. The number of halogens is 1. The molecule has 0 aliphatic carbocycles. The number of aliphatic hydroxyl groups is 1. The van der Waals surface area contributed by atoms with Crippen molar-refractivity contribution in [1.82, 2.24) is 5.32 Å². The van der Waals surface area contributed by atoms with Gasteiger partial charge in [-0.25, -0.2) is 9.59 Å². The number of aliphatic hydroxyl groups excluding tert-OH is 1. The third-order valence-electron chi connectivity index (χ3n) is 2.51. The van der Waals surface area contributed by atoms with E-state index < -0.39 is 24.6 Å². The van der Waals surface area contributed by atoms with E-state index in [2.05, 4.69) is 10.6 Å². The summed E-state index contributed by atoms with van der Waals surface area (Å²) in [5.74, 6) is -0.992. The van der Waals surface area contributed by atoms with E-state index in [-0.39, 0.29) is 0 Å². The Bertz CT molecular complexity index is 521. The molecule has 0 saturated heterocycles. The molecule has 0 saturated carbocycles. The van der Waals surface area contributed by atoms with Crippen molar-refractivity contribution in [3.8, 4) is 5.75 Å². The predicted octanol–water partition coefficient (Wildman–Crippen LogP) is 1.22. The van der Waals surface area contributed by atoms with E-state index >= 15 is 0 Å². The van der Waals surface area contributed by atoms with Gasteiger partial charge < -0.3 is 25.6 Å². The van der Waals surface area contributed by atoms with Crippen LogP contribution < -0.4 is 15.4 Å². The monoisotopic (exact) mass is 302 g/mol. The smallest absolute Gasteiger partial charge is 0.328 e. The summed E-state index contributed by atoms with van der Waals surface area (Å²) in [7, 11) is 1.41. The first-order chi connectivity index (χ1) is 9.38. The molecule has 0 aromatic heterocycles. The molecule has 2 amide bonds. The van der Waals surface area contributed by atoms with Crippen LogP contribution in [0.2, 0.25) is 5.02 Å². The normalized spacial score (nSPS) is 11.6. The van der Waals surface area contributed by atoms with Crippen LogP contribution in [0.5, 0.6) is 5.75 Å². The Balaban J connectivity index is 2.85. The van der Waals surface area contributed by atoms with Crippen LogP contribution in [0.4, 0.5) is 10.5 Å². The number of urea groups is 1. The van der Waals surface area contributed by atoms with Crippen molar-refractivity contribution in [3.05, 3.63) is 22.7 Å². The van der Waals surface area contributed by atoms with Gasteiger partial charge in [-0.3, -0.25) is 0 Å². The second-order valence-electron chi connectivity index (χ2n) is 3.97. The summed E-state index contributed by atoms with van der Waals surface area (Å²) in [5.41, 5.74) is 1.06. The lowest BCUT2D eigenvalue weighted by molar-refractivity contribution is -0.140. The third kappa shape index (κ3) is 4.01. The lowest BCUT2D eigenvalue weighted by Crippen LogP contribution is -2.45. The van der Waals surface area contributed by atoms with Gasteiger partial charge in [0, 0.05) is 11.1 Å². The number of anilines is 1. The van der Waals surface area contributed by atoms with E-state index in [9.17, 15) is 9.59 Å². The van der Waals surface area contributed by atoms with E-state index in [0.29, 0.717) is 16.5 Å². The minimum atomic E-state index is -1.38. The molecule has 1 aromatic rings. The first kappa shape index (κ1) is 16.1. The van der Waals surface area contributed by atoms with Gasteiger partial charge in [0.25, 0.3) is 0 Å². The van der Waals surface area contributed by atoms with Gasteiger partial charge in [-0.1, -0.05) is 11.6 Å². The lowest BCUT2D eigenvalue weighted by atomic mass is 10.2. The molecule has 0 spiro atoms. The van der Waals surface area contributed by atoms with E-state index in [1.54, 1.807) is 13.0 Å². The molecule has 8 heteroatoms. The summed E-state index contributed by atoms with van der Waals surface area (Å²) < 4.78 is 5.07. The van der Waals surface area contributed by atoms with Crippen molar-refractivity contribution in [2.75, 3.05) is 19.0 Å². The summed E-state index contributed by atoms with van der Waals surface area (Å²) in [6.07, 6.45) is 0. The molecule has 1 atom stereocenters. The van der Waals surface area contributed by atoms with Crippen molar-refractivity contribution in [3.63, 3.8) is 0 Å². The van der Waals surface area contributed by atoms with E-state index in [4.69, 9.17) is 26.6 Å². The molecule has 0 aliphatic rings. The number of hydrogen-bond acceptors (Lipinski definition) is 4. The van der Waals surface area contributed by atoms with Gasteiger partial charge in [0.05, 0.1) is 19.4 Å². The van der Waals surface area contributed by atoms with Crippen molar-refractivity contribution < 1.29 is 24.5 Å². The number of aryl methyl sites for hydroxylation is 1. The number of carbonyl (C=O) groups is 2. The maximum Gasteiger partial charge on any atom is 0.328 e. The van der Waals surface area contributed by atoms with Gasteiger partial charge in [0.15, 0.2) is 6.04 Å². The number of ether oxygens (including phenoxy) is 1. The molecule has 20 heavy (non-hydrogen) atoms. The fraction of sp³-hybridized carbons (Fsp3) is 0.333. The Morgan fingerprint density at radius 2 is 2.10 bits per heavy atom. The standard InChI is InChI=1S/C12H15ClN2O5/c1-6-3-8(10(20-2)4-7(6)13)14-12(19)15-9(5-16)11(17)18/h3-4,9,16H,5H2,1-2H3,(H,17,18)(H2,14,15,19)/t9-/m1/s1. The molecule has 4 N–H and O–H groups in total. The Labute approximate surface area is 120 Å². The van der Waals surface area contributed by atoms with Crippen molar-refractivity contribution in [1.29, 1.82) is 0 Å². The molecule has 0 heterocycles. The molecule has 0 unspecified atom stereocenters. The van der Waals surface area contributed by atoms with Crippen LogP contribution >= 0.6 is 11.6 Å². The number of nitrogens with one attached hydrogen (secondary N) is 2. The molecule has 110 valence electrons. The van der Waals surface area contributed by atoms with E-state index in [0.717, 1.165) is 5.56 Å². The number of carbonyl (C=O) groups excluding carboxylic acids is 1. The zero-order chi connectivity index (χ0) is 15.3. The Kier molecular flexibility index (Phi) is 5.60. The van der Waals surface area contributed by atoms with Crippen molar-refractivity contribution >= 4 is 29.3 Å². The summed E-state index contributed by atoms with van der Waals surface area (Å²) in [6, 6.07) is 0.976. The highest BCUT2D eigenvalue weighted by atomic mass is 35.5. The molecular weight excluding hydrogens is 288 g/mol. The number of carboxylic acids is 1. The Morgan fingerprint density at radius 1 is 1.45 bits per heavy atom. The number of amides is 2. The van der Waals surface area contributed by atoms with Gasteiger partial charge in [0.2, 0.25) is 0 Å². The van der Waals surface area contributed by atoms with Gasteiger partial charge >= 0.3 is 12.0 Å². The average Bonchev–Trinajstić information content (AvgIpc) is 2.39. The minimum absolute atomic E-state index is 0.339. The van der Waals surface area contributed by atoms with Gasteiger partial charge in [-0.15, -0.1) is 0 Å². The first-order valence-corrected chi connectivity index (χ1v) is 6.02. The van der Waals surface area contributed by atoms with Gasteiger partial charge in [0.1, 0.15) is 5.75 Å². The number of aliphatic carboxylic acids is 1. The zero-order valence-electron chi connectivity index (χ0n) is 10.9. The maximum absolute atomic E-state index is 11.7. The fourth-order valence-corrected chi connectivity index (χ4v) is 1.59. The van der Waals surface area contributed by atoms with Crippen LogP contribution in [-0.4, -0.2) is 42.0 Å². The van der Waals surface area contributed by atoms with E-state index in [1.165, 1.54) is 13.2 Å². The van der Waals surface area contributed by atoms with Crippen LogP contribution in [0.15, 0.2) is 12.1 Å². The topological polar surface area (TPSA) is 108 Å². The van der Waals surface area contributed by atoms with Crippen LogP contribution in [0.1, 0.15) is 5.56 Å². The van der Waals surface area contributed by atoms with Crippen molar-refractivity contribution in [2.45, 2.75) is 13.0 Å². The molecule has 1 rings (SSSR count). The molecule has 0 bridgehead atoms. The van der Waals surface area contributed by atoms with Gasteiger partial charge in [-0.05, 0) is 18.6 Å². The second kappa shape index (κ2) is 6.97. The average molecular weight is 303 g/mol. The summed E-state index contributed by atoms with van der Waals surface area (Å²) in [4.78, 5) is 22.4. The van der Waals surface area contributed by atoms with Crippen LogP contribution in [0.25, 0.3) is 0 Å². The minimum Gasteiger partial charge on any atom is -0.495 e. The number of benzene rings is 1. The largest absolute Gasteiger partial charge is 0.495 e. The molecule has 0 fully saturated rings. The Morgan fingerprint density at radius 3 is 2.60 bits per heavy atom. The van der Waals surface area contributed by atoms with Crippen molar-refractivity contribution in [2.24, 2.45) is 0 Å². The molecule has 0 aliphatic heterocycles. The second-order valence-corrected chi connectivity index (χ2v) is 4.38. The molecule has 0 radical (unpaired) electrons. The number of carboxylic acid groups (broad SMARTS) is 1. The van der Waals surface area contributed by atoms with Gasteiger partial charge in [-0.2, -0.15) is 0 Å². The molecule has 1 aromatic carbocycles. The molecular formula is C12H15ClN2O5. The lowest BCUT2D eigenvalue weighted by Gasteiger charge is -2.15. The fourth-order valence-electron chi connectivity index (χ4n) is 1.43. The highest BCUT2D eigenvalue weighted by Gasteiger charge is 2.19. The zero-order valence-corrected chi connectivity index (χ0v) is 11.7. The maximum atomic E-state index is 11.7. The van der Waals surface area contributed by atoms with Crippen LogP contribution in [0, 0.1) is 6.92 Å². The highest BCUT2D eigenvalue weighted by molar-refractivity contribution is 6.31. The molecule has 7 nitrogen and oxygen atoms in total. The Hall–Kier alpha value is -1.99. The summed E-state index contributed by atoms with van der Waals surface area (Å²) in [6.45, 7) is 1.04. The van der Waals surface area contributed by atoms with E-state index in [1.807, 2.05) is 0 Å². The summed E-state index contributed by atoms with van der Waals surface area (Å²) >= 11 is 5.93. The SMILES string of the molecule is COc1cc(Cl)c(C)cc1NC(=O)N[C@H](CO)C(=O)O. The quantitative estimate of drug-likeness (QED) is 0.654. The number of methoxy groups -OCH3 is 1. The summed E-state index contributed by atoms with van der Waals surface area (Å²) in [5, 5.41) is 22.6. The number of hydrogen-bond donors (Lipinski definition) is 4.